The summed E-state index contributed by atoms with van der Waals surface area (Å²) in [5.74, 6) is 0.591. The SMILES string of the molecule is CCC(C)(C)C1CCC(O)CC1n1nc(C)c(C)c1C. The van der Waals surface area contributed by atoms with Gasteiger partial charge < -0.3 is 5.11 Å². The maximum absolute atomic E-state index is 10.1. The van der Waals surface area contributed by atoms with E-state index in [1.165, 1.54) is 17.7 Å². The highest BCUT2D eigenvalue weighted by molar-refractivity contribution is 5.23. The van der Waals surface area contributed by atoms with Crippen LogP contribution in [0.4, 0.5) is 0 Å². The highest BCUT2D eigenvalue weighted by Crippen LogP contribution is 2.46. The molecule has 1 aliphatic rings. The van der Waals surface area contributed by atoms with Crippen molar-refractivity contribution in [2.45, 2.75) is 79.4 Å². The number of rotatable bonds is 3. The first kappa shape index (κ1) is 15.6. The summed E-state index contributed by atoms with van der Waals surface area (Å²) in [4.78, 5) is 0. The zero-order valence-electron chi connectivity index (χ0n) is 13.9. The molecule has 20 heavy (non-hydrogen) atoms. The number of hydrogen-bond acceptors (Lipinski definition) is 2. The standard InChI is InChI=1S/C17H30N2O/c1-7-17(5,6)15-9-8-14(20)10-16(15)19-13(4)11(2)12(3)18-19/h14-16,20H,7-10H2,1-6H3. The lowest BCUT2D eigenvalue weighted by molar-refractivity contribution is 0.0163. The van der Waals surface area contributed by atoms with Gasteiger partial charge in [0.15, 0.2) is 0 Å². The molecule has 1 N–H and O–H groups in total. The molecule has 1 fully saturated rings. The smallest absolute Gasteiger partial charge is 0.0625 e. The van der Waals surface area contributed by atoms with Crippen molar-refractivity contribution < 1.29 is 5.11 Å². The highest BCUT2D eigenvalue weighted by Gasteiger charge is 2.40. The molecule has 1 aromatic rings. The first-order valence-electron chi connectivity index (χ1n) is 7.98. The minimum Gasteiger partial charge on any atom is -0.393 e. The van der Waals surface area contributed by atoms with Crippen molar-refractivity contribution in [2.24, 2.45) is 11.3 Å². The fourth-order valence-electron chi connectivity index (χ4n) is 3.64. The second kappa shape index (κ2) is 5.51. The van der Waals surface area contributed by atoms with Gasteiger partial charge in [0.1, 0.15) is 0 Å². The van der Waals surface area contributed by atoms with Crippen LogP contribution >= 0.6 is 0 Å². The van der Waals surface area contributed by atoms with Crippen LogP contribution in [-0.2, 0) is 0 Å². The fourth-order valence-corrected chi connectivity index (χ4v) is 3.64. The van der Waals surface area contributed by atoms with Gasteiger partial charge in [-0.1, -0.05) is 27.2 Å². The lowest BCUT2D eigenvalue weighted by atomic mass is 9.66. The molecule has 1 heterocycles. The zero-order valence-corrected chi connectivity index (χ0v) is 13.9. The molecule has 2 rings (SSSR count). The summed E-state index contributed by atoms with van der Waals surface area (Å²) in [6.45, 7) is 13.4. The number of aromatic nitrogens is 2. The third-order valence-corrected chi connectivity index (χ3v) is 5.70. The van der Waals surface area contributed by atoms with Crippen LogP contribution in [0.5, 0.6) is 0 Å². The van der Waals surface area contributed by atoms with E-state index in [-0.39, 0.29) is 6.10 Å². The second-order valence-electron chi connectivity index (χ2n) is 7.22. The van der Waals surface area contributed by atoms with Crippen molar-refractivity contribution >= 4 is 0 Å². The van der Waals surface area contributed by atoms with Gasteiger partial charge in [0.05, 0.1) is 17.8 Å². The summed E-state index contributed by atoms with van der Waals surface area (Å²) < 4.78 is 2.20. The normalized spacial score (nSPS) is 27.9. The molecule has 1 aliphatic carbocycles. The maximum Gasteiger partial charge on any atom is 0.0625 e. The molecule has 0 spiro atoms. The summed E-state index contributed by atoms with van der Waals surface area (Å²) in [7, 11) is 0. The van der Waals surface area contributed by atoms with Crippen LogP contribution in [0.25, 0.3) is 0 Å². The topological polar surface area (TPSA) is 38.0 Å². The van der Waals surface area contributed by atoms with E-state index in [0.717, 1.165) is 25.0 Å². The predicted octanol–water partition coefficient (Wildman–Crippen LogP) is 3.95. The van der Waals surface area contributed by atoms with Crippen LogP contribution in [-0.4, -0.2) is 21.0 Å². The van der Waals surface area contributed by atoms with Crippen molar-refractivity contribution in [3.63, 3.8) is 0 Å². The molecule has 0 amide bonds. The highest BCUT2D eigenvalue weighted by atomic mass is 16.3. The van der Waals surface area contributed by atoms with Crippen LogP contribution < -0.4 is 0 Å². The van der Waals surface area contributed by atoms with Crippen LogP contribution in [0.3, 0.4) is 0 Å². The lowest BCUT2D eigenvalue weighted by Gasteiger charge is -2.44. The molecule has 0 radical (unpaired) electrons. The average molecular weight is 278 g/mol. The summed E-state index contributed by atoms with van der Waals surface area (Å²) in [6, 6.07) is 0.334. The molecule has 1 aromatic heterocycles. The third-order valence-electron chi connectivity index (χ3n) is 5.70. The number of aryl methyl sites for hydroxylation is 1. The molecule has 0 saturated heterocycles. The quantitative estimate of drug-likeness (QED) is 0.909. The van der Waals surface area contributed by atoms with E-state index in [1.54, 1.807) is 0 Å². The fraction of sp³-hybridized carbons (Fsp3) is 0.824. The molecule has 3 unspecified atom stereocenters. The minimum absolute atomic E-state index is 0.173. The largest absolute Gasteiger partial charge is 0.393 e. The summed E-state index contributed by atoms with van der Waals surface area (Å²) in [5, 5.41) is 14.9. The molecule has 3 nitrogen and oxygen atoms in total. The van der Waals surface area contributed by atoms with E-state index in [4.69, 9.17) is 5.10 Å². The Morgan fingerprint density at radius 3 is 2.40 bits per heavy atom. The van der Waals surface area contributed by atoms with Gasteiger partial charge in [-0.2, -0.15) is 5.10 Å². The van der Waals surface area contributed by atoms with Gasteiger partial charge >= 0.3 is 0 Å². The van der Waals surface area contributed by atoms with Crippen molar-refractivity contribution in [1.29, 1.82) is 0 Å². The minimum atomic E-state index is -0.173. The van der Waals surface area contributed by atoms with Crippen LogP contribution in [0.2, 0.25) is 0 Å². The van der Waals surface area contributed by atoms with Gasteiger partial charge in [-0.05, 0) is 56.9 Å². The monoisotopic (exact) mass is 278 g/mol. The Labute approximate surface area is 123 Å². The second-order valence-corrected chi connectivity index (χ2v) is 7.22. The Morgan fingerprint density at radius 1 is 1.25 bits per heavy atom. The van der Waals surface area contributed by atoms with Gasteiger partial charge in [-0.3, -0.25) is 4.68 Å². The molecule has 0 aliphatic heterocycles. The molecule has 3 heteroatoms. The van der Waals surface area contributed by atoms with Gasteiger partial charge in [-0.15, -0.1) is 0 Å². The van der Waals surface area contributed by atoms with Crippen LogP contribution in [0.1, 0.15) is 69.4 Å². The molecule has 3 atom stereocenters. The third kappa shape index (κ3) is 2.65. The molecular formula is C17H30N2O. The van der Waals surface area contributed by atoms with Gasteiger partial charge in [0.25, 0.3) is 0 Å². The summed E-state index contributed by atoms with van der Waals surface area (Å²) in [6.07, 6.45) is 3.87. The molecule has 0 bridgehead atoms. The Kier molecular flexibility index (Phi) is 4.29. The molecular weight excluding hydrogens is 248 g/mol. The van der Waals surface area contributed by atoms with E-state index < -0.39 is 0 Å². The number of nitrogens with zero attached hydrogens (tertiary/aromatic N) is 2. The molecule has 1 saturated carbocycles. The maximum atomic E-state index is 10.1. The first-order chi connectivity index (χ1) is 9.27. The number of aliphatic hydroxyl groups excluding tert-OH is 1. The average Bonchev–Trinajstić information content (AvgIpc) is 2.66. The van der Waals surface area contributed by atoms with E-state index >= 15 is 0 Å². The first-order valence-corrected chi connectivity index (χ1v) is 7.98. The number of aliphatic hydroxyl groups is 1. The molecule has 0 aromatic carbocycles. The molecule has 114 valence electrons. The number of hydrogen-bond donors (Lipinski definition) is 1. The van der Waals surface area contributed by atoms with E-state index in [0.29, 0.717) is 17.4 Å². The van der Waals surface area contributed by atoms with Crippen molar-refractivity contribution in [1.82, 2.24) is 9.78 Å². The van der Waals surface area contributed by atoms with E-state index in [1.807, 2.05) is 0 Å². The van der Waals surface area contributed by atoms with Gasteiger partial charge in [0.2, 0.25) is 0 Å². The summed E-state index contributed by atoms with van der Waals surface area (Å²) in [5.41, 5.74) is 3.97. The Hall–Kier alpha value is -0.830. The van der Waals surface area contributed by atoms with Crippen LogP contribution in [0, 0.1) is 32.1 Å². The Morgan fingerprint density at radius 2 is 1.90 bits per heavy atom. The lowest BCUT2D eigenvalue weighted by Crippen LogP contribution is -2.39. The van der Waals surface area contributed by atoms with E-state index in [9.17, 15) is 5.11 Å². The van der Waals surface area contributed by atoms with Crippen molar-refractivity contribution in [3.05, 3.63) is 17.0 Å². The van der Waals surface area contributed by atoms with E-state index in [2.05, 4.69) is 46.2 Å². The zero-order chi connectivity index (χ0) is 15.1. The van der Waals surface area contributed by atoms with Crippen LogP contribution in [0.15, 0.2) is 0 Å². The van der Waals surface area contributed by atoms with Crippen molar-refractivity contribution in [2.75, 3.05) is 0 Å². The van der Waals surface area contributed by atoms with Crippen molar-refractivity contribution in [3.8, 4) is 0 Å². The Balaban J connectivity index is 2.40. The Bertz CT molecular complexity index is 476. The summed E-state index contributed by atoms with van der Waals surface area (Å²) >= 11 is 0. The van der Waals surface area contributed by atoms with Gasteiger partial charge in [0, 0.05) is 5.69 Å². The van der Waals surface area contributed by atoms with Gasteiger partial charge in [-0.25, -0.2) is 0 Å². The predicted molar refractivity (Wildman–Crippen MR) is 82.9 cm³/mol.